The lowest BCUT2D eigenvalue weighted by atomic mass is 9.32. The average molecular weight is 645 g/mol. The van der Waals surface area contributed by atoms with Crippen LogP contribution in [-0.4, -0.2) is 28.4 Å². The number of hydrogen-bond donors (Lipinski definition) is 1. The van der Waals surface area contributed by atoms with Crippen molar-refractivity contribution in [3.63, 3.8) is 0 Å². The van der Waals surface area contributed by atoms with Crippen LogP contribution in [0.25, 0.3) is 5.57 Å². The fourth-order valence-electron chi connectivity index (χ4n) is 12.4. The first kappa shape index (κ1) is 35.6. The summed E-state index contributed by atoms with van der Waals surface area (Å²) in [6.45, 7) is 23.5. The summed E-state index contributed by atoms with van der Waals surface area (Å²) < 4.78 is 5.59. The summed E-state index contributed by atoms with van der Waals surface area (Å²) in [7, 11) is 0. The summed E-state index contributed by atoms with van der Waals surface area (Å²) in [5.74, 6) is -0.238. The summed E-state index contributed by atoms with van der Waals surface area (Å²) in [6.07, 6.45) is 14.4. The summed E-state index contributed by atoms with van der Waals surface area (Å²) >= 11 is 0. The quantitative estimate of drug-likeness (QED) is 0.200. The molecule has 4 fully saturated rings. The van der Waals surface area contributed by atoms with Crippen LogP contribution < -0.4 is 0 Å². The van der Waals surface area contributed by atoms with Crippen LogP contribution in [0.15, 0.2) is 43.0 Å². The van der Waals surface area contributed by atoms with Crippen molar-refractivity contribution in [3.05, 3.63) is 54.1 Å². The third kappa shape index (κ3) is 5.46. The van der Waals surface area contributed by atoms with Crippen molar-refractivity contribution in [2.45, 2.75) is 132 Å². The number of Topliss-reactive ketones (excluding diaryl/α,β-unsaturated/α-hetero) is 1. The molecule has 1 N–H and O–H groups in total. The van der Waals surface area contributed by atoms with E-state index in [0.717, 1.165) is 44.9 Å². The van der Waals surface area contributed by atoms with Gasteiger partial charge in [0.25, 0.3) is 0 Å². The molecule has 1 aromatic carbocycles. The van der Waals surface area contributed by atoms with E-state index >= 15 is 0 Å². The van der Waals surface area contributed by atoms with E-state index in [4.69, 9.17) is 4.74 Å². The maximum absolute atomic E-state index is 13.2. The molecule has 1 aromatic rings. The minimum absolute atomic E-state index is 0.0133. The summed E-state index contributed by atoms with van der Waals surface area (Å²) in [5, 5.41) is 9.79. The van der Waals surface area contributed by atoms with Crippen molar-refractivity contribution in [3.8, 4) is 0 Å². The van der Waals surface area contributed by atoms with Crippen LogP contribution in [0.4, 0.5) is 0 Å². The molecule has 5 aliphatic rings. The normalized spacial score (nSPS) is 38.5. The fourth-order valence-corrected chi connectivity index (χ4v) is 12.4. The Labute approximate surface area is 284 Å². The number of allylic oxidation sites excluding steroid dienone is 3. The van der Waals surface area contributed by atoms with E-state index in [9.17, 15) is 19.5 Å². The number of aliphatic carboxylic acids is 1. The van der Waals surface area contributed by atoms with Gasteiger partial charge in [-0.15, -0.1) is 6.58 Å². The molecule has 0 aromatic heterocycles. The molecule has 0 heterocycles. The van der Waals surface area contributed by atoms with Crippen LogP contribution in [0.3, 0.4) is 0 Å². The molecule has 4 saturated carbocycles. The first-order valence-electron chi connectivity index (χ1n) is 18.2. The first-order chi connectivity index (χ1) is 21.8. The number of benzene rings is 1. The Morgan fingerprint density at radius 2 is 1.49 bits per heavy atom. The van der Waals surface area contributed by atoms with Crippen molar-refractivity contribution < 1.29 is 24.2 Å². The predicted octanol–water partition coefficient (Wildman–Crippen LogP) is 10.3. The average Bonchev–Trinajstić information content (AvgIpc) is 3.42. The lowest BCUT2D eigenvalue weighted by molar-refractivity contribution is -0.222. The zero-order valence-corrected chi connectivity index (χ0v) is 30.6. The molecule has 0 aliphatic heterocycles. The lowest BCUT2D eigenvalue weighted by Crippen LogP contribution is -2.65. The van der Waals surface area contributed by atoms with E-state index in [2.05, 4.69) is 59.4 Å². The summed E-state index contributed by atoms with van der Waals surface area (Å²) in [6, 6.07) is 8.02. The van der Waals surface area contributed by atoms with E-state index < -0.39 is 22.8 Å². The molecule has 0 spiro atoms. The van der Waals surface area contributed by atoms with Crippen LogP contribution in [0.2, 0.25) is 0 Å². The second-order valence-corrected chi connectivity index (χ2v) is 18.0. The standard InChI is InChI=1S/C39H54O5.C3H6/c1-34(2,3)44-33(43)25-13-11-24(12-14-25)26-17-20-36(6)29(35(26,4)5)18-21-38(8)30(36)16-15-27-28-10-9-19-39(28,31(40)32(41)42)23-22-37(27,38)7;1-3-2/h11-14,17,27-30H,9-10,15-16,18-23H2,1-8H3,(H,41,42);3H,1H2,2H3/t27-,28-,29?,30-,36+,37-,38-,39+;/m1./s1. The molecule has 5 aliphatic carbocycles. The van der Waals surface area contributed by atoms with Crippen molar-refractivity contribution in [2.24, 2.45) is 50.7 Å². The van der Waals surface area contributed by atoms with Gasteiger partial charge in [0.15, 0.2) is 0 Å². The number of ketones is 1. The van der Waals surface area contributed by atoms with Gasteiger partial charge in [-0.05, 0) is 154 Å². The number of carboxylic acids is 1. The van der Waals surface area contributed by atoms with Gasteiger partial charge in [-0.3, -0.25) is 4.79 Å². The second-order valence-electron chi connectivity index (χ2n) is 18.0. The molecule has 5 heteroatoms. The lowest BCUT2D eigenvalue weighted by Gasteiger charge is -2.72. The highest BCUT2D eigenvalue weighted by Crippen LogP contribution is 2.77. The van der Waals surface area contributed by atoms with Crippen LogP contribution in [0.5, 0.6) is 0 Å². The van der Waals surface area contributed by atoms with E-state index in [1.807, 2.05) is 39.8 Å². The van der Waals surface area contributed by atoms with Gasteiger partial charge in [-0.1, -0.05) is 65.3 Å². The van der Waals surface area contributed by atoms with Crippen molar-refractivity contribution >= 4 is 23.3 Å². The molecule has 8 atom stereocenters. The maximum atomic E-state index is 13.2. The highest BCUT2D eigenvalue weighted by atomic mass is 16.6. The Morgan fingerprint density at radius 1 is 0.851 bits per heavy atom. The molecular weight excluding hydrogens is 584 g/mol. The minimum Gasteiger partial charge on any atom is -0.475 e. The predicted molar refractivity (Wildman–Crippen MR) is 189 cm³/mol. The molecule has 0 bridgehead atoms. The Hall–Kier alpha value is -2.69. The third-order valence-corrected chi connectivity index (χ3v) is 14.4. The smallest absolute Gasteiger partial charge is 0.372 e. The van der Waals surface area contributed by atoms with Gasteiger partial charge in [0.2, 0.25) is 5.78 Å². The molecule has 0 saturated heterocycles. The minimum atomic E-state index is -1.22. The molecule has 6 rings (SSSR count). The highest BCUT2D eigenvalue weighted by Gasteiger charge is 2.70. The van der Waals surface area contributed by atoms with Gasteiger partial charge < -0.3 is 9.84 Å². The third-order valence-electron chi connectivity index (χ3n) is 14.4. The Kier molecular flexibility index (Phi) is 9.11. The molecular formula is C42H60O5. The van der Waals surface area contributed by atoms with Gasteiger partial charge in [0, 0.05) is 5.41 Å². The Bertz CT molecular complexity index is 1440. The number of carboxylic acid groups (broad SMARTS) is 1. The Morgan fingerprint density at radius 3 is 2.09 bits per heavy atom. The maximum Gasteiger partial charge on any atom is 0.372 e. The van der Waals surface area contributed by atoms with Crippen LogP contribution in [-0.2, 0) is 14.3 Å². The SMILES string of the molecule is C=CC.CC(C)(C)OC(=O)c1ccc(C2=CC[C@@]3(C)C(CC[C@]4(C)[C@@H]3CC[C@@H]3[C@H]5CCC[C@]5(C(=O)C(=O)O)CC[C@]34C)C2(C)C)cc1. The van der Waals surface area contributed by atoms with E-state index in [1.54, 1.807) is 6.08 Å². The molecule has 0 radical (unpaired) electrons. The largest absolute Gasteiger partial charge is 0.475 e. The van der Waals surface area contributed by atoms with Crippen molar-refractivity contribution in [1.82, 2.24) is 0 Å². The number of ether oxygens (including phenoxy) is 1. The van der Waals surface area contributed by atoms with Gasteiger partial charge in [0.05, 0.1) is 5.56 Å². The van der Waals surface area contributed by atoms with Crippen LogP contribution >= 0.6 is 0 Å². The number of rotatable bonds is 4. The monoisotopic (exact) mass is 644 g/mol. The number of esters is 1. The van der Waals surface area contributed by atoms with Gasteiger partial charge in [-0.2, -0.15) is 0 Å². The summed E-state index contributed by atoms with van der Waals surface area (Å²) in [5.41, 5.74) is 2.46. The van der Waals surface area contributed by atoms with E-state index in [-0.39, 0.29) is 33.5 Å². The number of carbonyl (C=O) groups excluding carboxylic acids is 2. The molecule has 258 valence electrons. The molecule has 0 amide bonds. The van der Waals surface area contributed by atoms with Gasteiger partial charge in [0.1, 0.15) is 5.60 Å². The van der Waals surface area contributed by atoms with E-state index in [1.165, 1.54) is 30.4 Å². The molecule has 5 nitrogen and oxygen atoms in total. The number of hydrogen-bond acceptors (Lipinski definition) is 4. The first-order valence-corrected chi connectivity index (χ1v) is 18.2. The van der Waals surface area contributed by atoms with Gasteiger partial charge >= 0.3 is 11.9 Å². The molecule has 47 heavy (non-hydrogen) atoms. The zero-order chi connectivity index (χ0) is 34.8. The van der Waals surface area contributed by atoms with Crippen molar-refractivity contribution in [1.29, 1.82) is 0 Å². The Balaban J connectivity index is 0.00000139. The second kappa shape index (κ2) is 12.0. The van der Waals surface area contributed by atoms with Crippen LogP contribution in [0.1, 0.15) is 142 Å². The summed E-state index contributed by atoms with van der Waals surface area (Å²) in [4.78, 5) is 37.8. The van der Waals surface area contributed by atoms with Gasteiger partial charge in [-0.25, -0.2) is 9.59 Å². The van der Waals surface area contributed by atoms with Crippen LogP contribution in [0, 0.1) is 50.7 Å². The number of carbonyl (C=O) groups is 3. The zero-order valence-electron chi connectivity index (χ0n) is 30.6. The highest BCUT2D eigenvalue weighted by molar-refractivity contribution is 6.35. The topological polar surface area (TPSA) is 80.7 Å². The van der Waals surface area contributed by atoms with Crippen molar-refractivity contribution in [2.75, 3.05) is 0 Å². The van der Waals surface area contributed by atoms with E-state index in [0.29, 0.717) is 23.3 Å². The fraction of sp³-hybridized carbons (Fsp3) is 0.690. The number of fused-ring (bicyclic) bond motifs is 7. The molecule has 1 unspecified atom stereocenters.